The molecule has 0 bridgehead atoms. The topological polar surface area (TPSA) is 97.1 Å². The second-order valence-electron chi connectivity index (χ2n) is 9.32. The van der Waals surface area contributed by atoms with Crippen LogP contribution in [0.4, 0.5) is 0 Å². The van der Waals surface area contributed by atoms with Gasteiger partial charge in [-0.25, -0.2) is 0 Å². The molecule has 2 aromatic carbocycles. The summed E-state index contributed by atoms with van der Waals surface area (Å²) in [5.74, 6) is 1.08. The van der Waals surface area contributed by atoms with Crippen molar-refractivity contribution in [3.63, 3.8) is 0 Å². The van der Waals surface area contributed by atoms with Crippen molar-refractivity contribution in [2.45, 2.75) is 57.9 Å². The Balaban J connectivity index is 1.31. The quantitative estimate of drug-likeness (QED) is 0.596. The van der Waals surface area contributed by atoms with Gasteiger partial charge in [0.05, 0.1) is 0 Å². The second kappa shape index (κ2) is 10.1. The summed E-state index contributed by atoms with van der Waals surface area (Å²) >= 11 is 0. The van der Waals surface area contributed by atoms with Gasteiger partial charge in [0, 0.05) is 25.7 Å². The van der Waals surface area contributed by atoms with E-state index in [0.717, 1.165) is 42.6 Å². The minimum Gasteiger partial charge on any atom is -0.486 e. The summed E-state index contributed by atoms with van der Waals surface area (Å²) in [5.41, 5.74) is 10.3. The molecule has 2 heterocycles. The number of benzene rings is 2. The summed E-state index contributed by atoms with van der Waals surface area (Å²) in [7, 11) is 0. The monoisotopic (exact) mass is 453 g/mol. The number of likely N-dealkylation sites (tertiary alicyclic amines) is 1. The number of aliphatic hydroxyl groups is 1. The van der Waals surface area contributed by atoms with E-state index in [4.69, 9.17) is 15.2 Å². The van der Waals surface area contributed by atoms with E-state index in [1.165, 1.54) is 5.56 Å². The molecule has 4 N–H and O–H groups in total. The minimum atomic E-state index is -0.674. The van der Waals surface area contributed by atoms with Crippen molar-refractivity contribution in [1.29, 1.82) is 0 Å². The fraction of sp³-hybridized carbons (Fsp3) is 0.500. The Morgan fingerprint density at radius 3 is 2.42 bits per heavy atom. The van der Waals surface area contributed by atoms with E-state index in [9.17, 15) is 9.90 Å². The van der Waals surface area contributed by atoms with Gasteiger partial charge >= 0.3 is 0 Å². The number of nitrogens with two attached hydrogens (primary N) is 1. The van der Waals surface area contributed by atoms with Crippen LogP contribution in [0.1, 0.15) is 41.1 Å². The van der Waals surface area contributed by atoms with Crippen LogP contribution in [0.3, 0.4) is 0 Å². The fourth-order valence-electron chi connectivity index (χ4n) is 5.13. The minimum absolute atomic E-state index is 0.265. The Hall–Kier alpha value is -2.61. The molecule has 2 aromatic rings. The van der Waals surface area contributed by atoms with Crippen molar-refractivity contribution >= 4 is 5.91 Å². The number of para-hydroxylation sites is 2. The molecular formula is C26H35N3O4. The lowest BCUT2D eigenvalue weighted by atomic mass is 9.91. The maximum atomic E-state index is 12.5. The molecule has 2 aliphatic heterocycles. The van der Waals surface area contributed by atoms with Gasteiger partial charge in [-0.1, -0.05) is 29.8 Å². The molecule has 0 radical (unpaired) electrons. The molecular weight excluding hydrogens is 418 g/mol. The summed E-state index contributed by atoms with van der Waals surface area (Å²) < 4.78 is 11.6. The number of nitrogens with zero attached hydrogens (tertiary/aromatic N) is 1. The summed E-state index contributed by atoms with van der Waals surface area (Å²) in [6.07, 6.45) is 0.684. The van der Waals surface area contributed by atoms with Gasteiger partial charge in [0.1, 0.15) is 18.8 Å². The van der Waals surface area contributed by atoms with Crippen molar-refractivity contribution in [3.8, 4) is 11.5 Å². The van der Waals surface area contributed by atoms with Gasteiger partial charge in [0.15, 0.2) is 17.6 Å². The van der Waals surface area contributed by atoms with Gasteiger partial charge < -0.3 is 25.6 Å². The Labute approximate surface area is 195 Å². The molecule has 3 unspecified atom stereocenters. The smallest absolute Gasteiger partial charge is 0.239 e. The molecule has 3 atom stereocenters. The molecule has 1 fully saturated rings. The Bertz CT molecular complexity index is 964. The van der Waals surface area contributed by atoms with Crippen LogP contribution in [0.15, 0.2) is 36.4 Å². The lowest BCUT2D eigenvalue weighted by Gasteiger charge is -2.38. The highest BCUT2D eigenvalue weighted by atomic mass is 16.6. The lowest BCUT2D eigenvalue weighted by Crippen LogP contribution is -2.50. The van der Waals surface area contributed by atoms with Crippen molar-refractivity contribution in [3.05, 3.63) is 58.7 Å². The van der Waals surface area contributed by atoms with Crippen molar-refractivity contribution in [2.24, 2.45) is 5.73 Å². The molecule has 7 nitrogen and oxygen atoms in total. The Kier molecular flexibility index (Phi) is 7.22. The molecule has 0 aliphatic carbocycles. The summed E-state index contributed by atoms with van der Waals surface area (Å²) in [4.78, 5) is 14.6. The van der Waals surface area contributed by atoms with E-state index in [1.54, 1.807) is 0 Å². The molecule has 4 rings (SSSR count). The molecule has 0 aromatic heterocycles. The van der Waals surface area contributed by atoms with Gasteiger partial charge in [-0.05, 0) is 62.4 Å². The van der Waals surface area contributed by atoms with E-state index in [0.29, 0.717) is 24.7 Å². The second-order valence-corrected chi connectivity index (χ2v) is 9.32. The first-order valence-electron chi connectivity index (χ1n) is 11.7. The predicted octanol–water partition coefficient (Wildman–Crippen LogP) is 2.39. The number of primary amides is 1. The number of piperidine rings is 1. The highest BCUT2D eigenvalue weighted by molar-refractivity contribution is 5.82. The third-order valence-electron chi connectivity index (χ3n) is 6.75. The number of amides is 1. The standard InChI is InChI=1S/C26H35N3O4/c1-16-12-17(2)24(18(3)13-16)25(26(27)31)29-10-8-19(9-11-29)28-14-20(30)23-15-32-21-6-4-5-7-22(21)33-23/h4-7,12-13,19-20,23,25,28,30H,8-11,14-15H2,1-3H3,(H2,27,31). The summed E-state index contributed by atoms with van der Waals surface area (Å²) in [6, 6.07) is 11.6. The van der Waals surface area contributed by atoms with Crippen LogP contribution in [0.5, 0.6) is 11.5 Å². The first-order valence-corrected chi connectivity index (χ1v) is 11.7. The van der Waals surface area contributed by atoms with E-state index >= 15 is 0 Å². The maximum absolute atomic E-state index is 12.5. The van der Waals surface area contributed by atoms with Gasteiger partial charge in [0.2, 0.25) is 5.91 Å². The normalized spacial score (nSPS) is 20.9. The van der Waals surface area contributed by atoms with Gasteiger partial charge in [-0.2, -0.15) is 0 Å². The predicted molar refractivity (Wildman–Crippen MR) is 128 cm³/mol. The third kappa shape index (κ3) is 5.32. The molecule has 0 spiro atoms. The third-order valence-corrected chi connectivity index (χ3v) is 6.75. The van der Waals surface area contributed by atoms with Crippen LogP contribution in [0, 0.1) is 20.8 Å². The zero-order chi connectivity index (χ0) is 23.5. The Morgan fingerprint density at radius 2 is 1.79 bits per heavy atom. The zero-order valence-electron chi connectivity index (χ0n) is 19.7. The molecule has 1 amide bonds. The molecule has 2 aliphatic rings. The van der Waals surface area contributed by atoms with Crippen molar-refractivity contribution in [2.75, 3.05) is 26.2 Å². The number of aryl methyl sites for hydroxylation is 3. The number of hydrogen-bond donors (Lipinski definition) is 3. The van der Waals surface area contributed by atoms with E-state index in [1.807, 2.05) is 24.3 Å². The highest BCUT2D eigenvalue weighted by Gasteiger charge is 2.33. The van der Waals surface area contributed by atoms with Crippen LogP contribution in [-0.4, -0.2) is 60.4 Å². The van der Waals surface area contributed by atoms with Crippen LogP contribution in [0.2, 0.25) is 0 Å². The number of ether oxygens (including phenoxy) is 2. The summed E-state index contributed by atoms with van der Waals surface area (Å²) in [6.45, 7) is 8.46. The van der Waals surface area contributed by atoms with E-state index in [-0.39, 0.29) is 11.9 Å². The highest BCUT2D eigenvalue weighted by Crippen LogP contribution is 2.32. The lowest BCUT2D eigenvalue weighted by molar-refractivity contribution is -0.124. The van der Waals surface area contributed by atoms with Gasteiger partial charge in [0.25, 0.3) is 0 Å². The SMILES string of the molecule is Cc1cc(C)c(C(C(N)=O)N2CCC(NCC(O)C3COc4ccccc4O3)CC2)c(C)c1. The number of rotatable bonds is 7. The van der Waals surface area contributed by atoms with Crippen molar-refractivity contribution in [1.82, 2.24) is 10.2 Å². The zero-order valence-corrected chi connectivity index (χ0v) is 19.7. The Morgan fingerprint density at radius 1 is 1.15 bits per heavy atom. The first-order chi connectivity index (χ1) is 15.8. The first kappa shape index (κ1) is 23.5. The van der Waals surface area contributed by atoms with Crippen molar-refractivity contribution < 1.29 is 19.4 Å². The number of nitrogens with one attached hydrogen (secondary N) is 1. The molecule has 0 saturated carbocycles. The van der Waals surface area contributed by atoms with Crippen LogP contribution >= 0.6 is 0 Å². The average molecular weight is 454 g/mol. The van der Waals surface area contributed by atoms with E-state index in [2.05, 4.69) is 43.1 Å². The van der Waals surface area contributed by atoms with Gasteiger partial charge in [-0.3, -0.25) is 9.69 Å². The van der Waals surface area contributed by atoms with Crippen LogP contribution in [-0.2, 0) is 4.79 Å². The van der Waals surface area contributed by atoms with E-state index < -0.39 is 18.2 Å². The molecule has 178 valence electrons. The number of carbonyl (C=O) groups is 1. The maximum Gasteiger partial charge on any atom is 0.239 e. The molecule has 1 saturated heterocycles. The number of aliphatic hydroxyl groups excluding tert-OH is 1. The fourth-order valence-corrected chi connectivity index (χ4v) is 5.13. The largest absolute Gasteiger partial charge is 0.486 e. The number of fused-ring (bicyclic) bond motifs is 1. The number of carbonyl (C=O) groups excluding carboxylic acids is 1. The summed E-state index contributed by atoms with van der Waals surface area (Å²) in [5, 5.41) is 14.1. The van der Waals surface area contributed by atoms with Crippen LogP contribution < -0.4 is 20.5 Å². The number of hydrogen-bond acceptors (Lipinski definition) is 6. The molecule has 33 heavy (non-hydrogen) atoms. The molecule has 7 heteroatoms. The van der Waals surface area contributed by atoms with Crippen LogP contribution in [0.25, 0.3) is 0 Å². The average Bonchev–Trinajstić information content (AvgIpc) is 2.79. The van der Waals surface area contributed by atoms with Gasteiger partial charge in [-0.15, -0.1) is 0 Å².